The molecule has 9 nitrogen and oxygen atoms in total. The highest BCUT2D eigenvalue weighted by Crippen LogP contribution is 2.30. The van der Waals surface area contributed by atoms with Crippen molar-refractivity contribution >= 4 is 41.2 Å². The number of carbonyl (C=O) groups excluding carboxylic acids is 2. The topological polar surface area (TPSA) is 109 Å². The molecule has 38 heavy (non-hydrogen) atoms. The molecule has 0 aliphatic carbocycles. The Morgan fingerprint density at radius 2 is 1.95 bits per heavy atom. The normalized spacial score (nSPS) is 15.4. The van der Waals surface area contributed by atoms with Crippen molar-refractivity contribution < 1.29 is 27.5 Å². The van der Waals surface area contributed by atoms with Gasteiger partial charge in [-0.05, 0) is 55.7 Å². The minimum Gasteiger partial charge on any atom is -0.373 e. The van der Waals surface area contributed by atoms with Crippen LogP contribution in [0.4, 0.5) is 41.0 Å². The van der Waals surface area contributed by atoms with Gasteiger partial charge in [0.15, 0.2) is 5.82 Å². The van der Waals surface area contributed by atoms with E-state index in [0.717, 1.165) is 25.0 Å². The molecule has 3 aromatic rings. The largest absolute Gasteiger partial charge is 0.416 e. The summed E-state index contributed by atoms with van der Waals surface area (Å²) in [6.07, 6.45) is 0.231. The molecule has 0 saturated carbocycles. The fraction of sp³-hybridized carbons (Fsp3) is 0.269. The molecule has 0 radical (unpaired) electrons. The molecule has 1 aliphatic rings. The summed E-state index contributed by atoms with van der Waals surface area (Å²) in [7, 11) is 1.53. The van der Waals surface area contributed by atoms with Gasteiger partial charge >= 0.3 is 12.2 Å². The number of aryl methyl sites for hydroxylation is 1. The Kier molecular flexibility index (Phi) is 8.01. The van der Waals surface area contributed by atoms with E-state index in [9.17, 15) is 22.8 Å². The van der Waals surface area contributed by atoms with E-state index in [-0.39, 0.29) is 11.7 Å². The number of alkyl halides is 3. The average Bonchev–Trinajstić information content (AvgIpc) is 3.42. The number of benzene rings is 2. The third kappa shape index (κ3) is 6.71. The molecule has 198 valence electrons. The molecule has 2 aromatic carbocycles. The molecule has 2 N–H and O–H groups in total. The SMILES string of the molecule is Cc1ccc(NC(=O)c2cccc(C(F)(F)F)c2)cc1NC(=O)N(C)c1cc(N=CC2CCCO2)ncn1. The number of carbonyl (C=O) groups is 2. The van der Waals surface area contributed by atoms with Gasteiger partial charge in [0.1, 0.15) is 12.1 Å². The van der Waals surface area contributed by atoms with Crippen LogP contribution in [0.25, 0.3) is 0 Å². The summed E-state index contributed by atoms with van der Waals surface area (Å²) in [6.45, 7) is 2.46. The minimum atomic E-state index is -4.56. The molecule has 4 rings (SSSR count). The second-order valence-corrected chi connectivity index (χ2v) is 8.62. The van der Waals surface area contributed by atoms with E-state index in [4.69, 9.17) is 4.74 Å². The maximum Gasteiger partial charge on any atom is 0.416 e. The van der Waals surface area contributed by atoms with Gasteiger partial charge in [-0.2, -0.15) is 13.2 Å². The molecule has 1 saturated heterocycles. The average molecular weight is 527 g/mol. The number of nitrogens with one attached hydrogen (secondary N) is 2. The van der Waals surface area contributed by atoms with Gasteiger partial charge in [0.2, 0.25) is 0 Å². The summed E-state index contributed by atoms with van der Waals surface area (Å²) in [5.74, 6) is -0.0318. The van der Waals surface area contributed by atoms with Crippen molar-refractivity contribution in [3.05, 3.63) is 71.5 Å². The summed E-state index contributed by atoms with van der Waals surface area (Å²) in [4.78, 5) is 39.3. The van der Waals surface area contributed by atoms with Crippen molar-refractivity contribution in [2.75, 3.05) is 29.2 Å². The van der Waals surface area contributed by atoms with E-state index in [1.54, 1.807) is 31.3 Å². The third-order valence-corrected chi connectivity index (χ3v) is 5.81. The quantitative estimate of drug-likeness (QED) is 0.406. The first kappa shape index (κ1) is 26.7. The van der Waals surface area contributed by atoms with Gasteiger partial charge in [0.25, 0.3) is 5.91 Å². The van der Waals surface area contributed by atoms with Crippen molar-refractivity contribution in [1.29, 1.82) is 0 Å². The zero-order valence-electron chi connectivity index (χ0n) is 20.6. The van der Waals surface area contributed by atoms with E-state index < -0.39 is 23.7 Å². The van der Waals surface area contributed by atoms with Gasteiger partial charge in [0, 0.05) is 42.9 Å². The zero-order chi connectivity index (χ0) is 27.3. The maximum atomic E-state index is 13.0. The number of anilines is 3. The second kappa shape index (κ2) is 11.4. The summed E-state index contributed by atoms with van der Waals surface area (Å²) < 4.78 is 44.5. The number of aromatic nitrogens is 2. The highest BCUT2D eigenvalue weighted by Gasteiger charge is 2.31. The van der Waals surface area contributed by atoms with Crippen LogP contribution in [0.15, 0.2) is 59.9 Å². The van der Waals surface area contributed by atoms with Crippen molar-refractivity contribution in [1.82, 2.24) is 9.97 Å². The Hall–Kier alpha value is -4.32. The molecule has 2 heterocycles. The first-order valence-corrected chi connectivity index (χ1v) is 11.7. The van der Waals surface area contributed by atoms with Crippen LogP contribution in [0.5, 0.6) is 0 Å². The molecule has 0 spiro atoms. The predicted molar refractivity (Wildman–Crippen MR) is 137 cm³/mol. The Morgan fingerprint density at radius 3 is 2.68 bits per heavy atom. The number of nitrogens with zero attached hydrogens (tertiary/aromatic N) is 4. The van der Waals surface area contributed by atoms with Crippen LogP contribution in [0.2, 0.25) is 0 Å². The second-order valence-electron chi connectivity index (χ2n) is 8.62. The number of halogens is 3. The Balaban J connectivity index is 1.44. The molecule has 0 bridgehead atoms. The number of amides is 3. The van der Waals surface area contributed by atoms with Crippen LogP contribution >= 0.6 is 0 Å². The van der Waals surface area contributed by atoms with Crippen molar-refractivity contribution in [2.24, 2.45) is 4.99 Å². The smallest absolute Gasteiger partial charge is 0.373 e. The van der Waals surface area contributed by atoms with E-state index in [1.807, 2.05) is 0 Å². The lowest BCUT2D eigenvalue weighted by Crippen LogP contribution is -2.32. The number of ether oxygens (including phenoxy) is 1. The lowest BCUT2D eigenvalue weighted by Gasteiger charge is -2.18. The molecule has 1 unspecified atom stereocenters. The fourth-order valence-electron chi connectivity index (χ4n) is 3.65. The highest BCUT2D eigenvalue weighted by molar-refractivity contribution is 6.05. The molecule has 1 fully saturated rings. The van der Waals surface area contributed by atoms with Crippen molar-refractivity contribution in [2.45, 2.75) is 32.0 Å². The van der Waals surface area contributed by atoms with Crippen LogP contribution in [-0.4, -0.2) is 47.9 Å². The monoisotopic (exact) mass is 526 g/mol. The molecular weight excluding hydrogens is 501 g/mol. The van der Waals surface area contributed by atoms with Crippen molar-refractivity contribution in [3.63, 3.8) is 0 Å². The molecular formula is C26H25F3N6O3. The van der Waals surface area contributed by atoms with Crippen LogP contribution in [0, 0.1) is 6.92 Å². The maximum absolute atomic E-state index is 13.0. The van der Waals surface area contributed by atoms with E-state index >= 15 is 0 Å². The number of hydrogen-bond donors (Lipinski definition) is 2. The molecule has 1 atom stereocenters. The molecule has 1 aromatic heterocycles. The van der Waals surface area contributed by atoms with Crippen LogP contribution in [-0.2, 0) is 10.9 Å². The number of aliphatic imine (C=N–C) groups is 1. The Labute approximate surface area is 216 Å². The minimum absolute atomic E-state index is 0.0567. The van der Waals surface area contributed by atoms with Gasteiger partial charge in [-0.25, -0.2) is 19.8 Å². The molecule has 1 aliphatic heterocycles. The number of urea groups is 1. The third-order valence-electron chi connectivity index (χ3n) is 5.81. The standard InChI is InChI=1S/C26H25F3N6O3/c1-16-8-9-19(33-24(36)17-5-3-6-18(11-17)26(27,28)29)12-21(16)34-25(37)35(2)23-13-22(31-15-32-23)30-14-20-7-4-10-38-20/h3,5-6,8-9,11-15,20H,4,7,10H2,1-2H3,(H,33,36)(H,34,37). The lowest BCUT2D eigenvalue weighted by molar-refractivity contribution is -0.137. The highest BCUT2D eigenvalue weighted by atomic mass is 19.4. The Morgan fingerprint density at radius 1 is 1.13 bits per heavy atom. The van der Waals surface area contributed by atoms with Crippen LogP contribution in [0.1, 0.15) is 34.3 Å². The van der Waals surface area contributed by atoms with Gasteiger partial charge in [-0.3, -0.25) is 9.69 Å². The first-order valence-electron chi connectivity index (χ1n) is 11.7. The van der Waals surface area contributed by atoms with E-state index in [0.29, 0.717) is 35.2 Å². The Bertz CT molecular complexity index is 1360. The van der Waals surface area contributed by atoms with Gasteiger partial charge in [0.05, 0.1) is 11.7 Å². The molecule has 12 heteroatoms. The van der Waals surface area contributed by atoms with Gasteiger partial charge in [-0.15, -0.1) is 0 Å². The fourth-order valence-corrected chi connectivity index (χ4v) is 3.65. The lowest BCUT2D eigenvalue weighted by atomic mass is 10.1. The van der Waals surface area contributed by atoms with Crippen molar-refractivity contribution in [3.8, 4) is 0 Å². The van der Waals surface area contributed by atoms with E-state index in [2.05, 4.69) is 25.6 Å². The van der Waals surface area contributed by atoms with Crippen LogP contribution < -0.4 is 15.5 Å². The number of hydrogen-bond acceptors (Lipinski definition) is 6. The first-order chi connectivity index (χ1) is 18.1. The van der Waals surface area contributed by atoms with E-state index in [1.165, 1.54) is 36.5 Å². The molecule has 3 amide bonds. The summed E-state index contributed by atoms with van der Waals surface area (Å²) in [5, 5.41) is 5.32. The number of rotatable bonds is 6. The summed E-state index contributed by atoms with van der Waals surface area (Å²) >= 11 is 0. The summed E-state index contributed by atoms with van der Waals surface area (Å²) in [6, 6.07) is 9.95. The van der Waals surface area contributed by atoms with Gasteiger partial charge in [-0.1, -0.05) is 12.1 Å². The van der Waals surface area contributed by atoms with Gasteiger partial charge < -0.3 is 15.4 Å². The van der Waals surface area contributed by atoms with Crippen LogP contribution in [0.3, 0.4) is 0 Å². The predicted octanol–water partition coefficient (Wildman–Crippen LogP) is 5.61. The summed E-state index contributed by atoms with van der Waals surface area (Å²) in [5.41, 5.74) is 0.328. The zero-order valence-corrected chi connectivity index (χ0v) is 20.6.